The lowest BCUT2D eigenvalue weighted by Crippen LogP contribution is -2.60. The summed E-state index contributed by atoms with van der Waals surface area (Å²) in [7, 11) is 8.29. The van der Waals surface area contributed by atoms with Crippen molar-refractivity contribution in [2.45, 2.75) is 214 Å². The lowest BCUT2D eigenvalue weighted by molar-refractivity contribution is -0.155. The van der Waals surface area contributed by atoms with E-state index in [9.17, 15) is 43.5 Å². The maximum absolute atomic E-state index is 14.5. The van der Waals surface area contributed by atoms with Crippen LogP contribution < -0.4 is 21.3 Å². The zero-order chi connectivity index (χ0) is 55.0. The Morgan fingerprint density at radius 1 is 0.732 bits per heavy atom. The van der Waals surface area contributed by atoms with Gasteiger partial charge in [-0.05, 0) is 107 Å². The minimum Gasteiger partial charge on any atom is -0.480 e. The van der Waals surface area contributed by atoms with Crippen LogP contribution in [0.5, 0.6) is 0 Å². The molecule has 0 radical (unpaired) electrons. The number of ether oxygens (including phenoxy) is 4. The Morgan fingerprint density at radius 2 is 1.31 bits per heavy atom. The molecule has 0 aromatic heterocycles. The average Bonchev–Trinajstić information content (AvgIpc) is 3.73. The van der Waals surface area contributed by atoms with Crippen molar-refractivity contribution < 1.29 is 62.4 Å². The van der Waals surface area contributed by atoms with Crippen LogP contribution in [0.3, 0.4) is 0 Å². The zero-order valence-corrected chi connectivity index (χ0v) is 46.7. The molecule has 1 aliphatic heterocycles. The number of nitrogens with zero attached hydrogens (tertiary/aromatic N) is 3. The van der Waals surface area contributed by atoms with Crippen LogP contribution >= 0.6 is 0 Å². The topological polar surface area (TPSA) is 252 Å². The molecule has 1 rings (SSSR count). The predicted molar refractivity (Wildman–Crippen MR) is 270 cm³/mol. The number of methoxy groups -OCH3 is 2. The third-order valence-electron chi connectivity index (χ3n) is 13.0. The van der Waals surface area contributed by atoms with Gasteiger partial charge in [0.15, 0.2) is 0 Å². The monoisotopic (exact) mass is 1010 g/mol. The third kappa shape index (κ3) is 20.2. The summed E-state index contributed by atoms with van der Waals surface area (Å²) in [5.41, 5.74) is -1.61. The molecule has 0 aromatic carbocycles. The lowest BCUT2D eigenvalue weighted by Gasteiger charge is -2.41. The highest BCUT2D eigenvalue weighted by Gasteiger charge is 2.44. The summed E-state index contributed by atoms with van der Waals surface area (Å²) >= 11 is 0. The molecule has 0 unspecified atom stereocenters. The van der Waals surface area contributed by atoms with E-state index in [1.54, 1.807) is 72.2 Å². The predicted octanol–water partition coefficient (Wildman–Crippen LogP) is 3.52. The zero-order valence-electron chi connectivity index (χ0n) is 46.7. The van der Waals surface area contributed by atoms with Gasteiger partial charge in [0.2, 0.25) is 35.4 Å². The van der Waals surface area contributed by atoms with Crippen LogP contribution in [0.4, 0.5) is 0 Å². The number of carboxylic acid groups (broad SMARTS) is 1. The summed E-state index contributed by atoms with van der Waals surface area (Å²) in [5.74, 6) is -6.38. The van der Waals surface area contributed by atoms with Crippen molar-refractivity contribution in [1.29, 1.82) is 0 Å². The third-order valence-corrected chi connectivity index (χ3v) is 13.0. The number of esters is 1. The Balaban J connectivity index is 3.52. The van der Waals surface area contributed by atoms with Crippen molar-refractivity contribution in [2.24, 2.45) is 23.7 Å². The van der Waals surface area contributed by atoms with Gasteiger partial charge in [0, 0.05) is 34.2 Å². The summed E-state index contributed by atoms with van der Waals surface area (Å²) in [5, 5.41) is 20.3. The lowest BCUT2D eigenvalue weighted by atomic mass is 9.89. The molecule has 0 spiro atoms. The fourth-order valence-corrected chi connectivity index (χ4v) is 9.28. The smallest absolute Gasteiger partial charge is 0.325 e. The van der Waals surface area contributed by atoms with E-state index in [2.05, 4.69) is 21.3 Å². The van der Waals surface area contributed by atoms with Gasteiger partial charge in [-0.1, -0.05) is 54.9 Å². The maximum atomic E-state index is 14.5. The van der Waals surface area contributed by atoms with Crippen molar-refractivity contribution in [3.05, 3.63) is 0 Å². The van der Waals surface area contributed by atoms with Gasteiger partial charge in [0.1, 0.15) is 29.8 Å². The minimum atomic E-state index is -1.41. The number of likely N-dealkylation sites (N-methyl/N-ethyl adjacent to an activating group) is 2. The van der Waals surface area contributed by atoms with Gasteiger partial charge < -0.3 is 55.1 Å². The largest absolute Gasteiger partial charge is 0.480 e. The maximum Gasteiger partial charge on any atom is 0.325 e. The van der Waals surface area contributed by atoms with Gasteiger partial charge >= 0.3 is 11.9 Å². The van der Waals surface area contributed by atoms with Gasteiger partial charge in [-0.3, -0.25) is 43.3 Å². The van der Waals surface area contributed by atoms with E-state index < -0.39 is 107 Å². The molecule has 20 heteroatoms. The number of carboxylic acids is 1. The number of nitrogens with one attached hydrogen (secondary N) is 4. The van der Waals surface area contributed by atoms with E-state index in [0.717, 1.165) is 0 Å². The first-order valence-corrected chi connectivity index (χ1v) is 25.3. The molecule has 0 aliphatic carbocycles. The number of carbonyl (C=O) groups excluding carboxylic acids is 7. The molecule has 410 valence electrons. The SMILES string of the molecule is CC[C@H](C)[C@@H]([C@@H](CC(=O)N1CCC[C@H]1[C@H](OC)[C@@H](C)C(=O)N[C@H](C(=O)N[C@@H](CCC(=O)OC(C)(C)C)C(=O)N[C@@H](C)C(=O)O)[C@@H](C)OC(C)(C)C)OC)N(C)C(=O)[C@@H](NC(=O)[C@H](C(C)C)N(C)C)C(C)C. The first kappa shape index (κ1) is 64.6. The molecule has 1 saturated heterocycles. The van der Waals surface area contributed by atoms with Crippen LogP contribution in [0.1, 0.15) is 142 Å². The van der Waals surface area contributed by atoms with E-state index in [-0.39, 0.29) is 54.7 Å². The molecule has 0 bridgehead atoms. The molecule has 5 N–H and O–H groups in total. The van der Waals surface area contributed by atoms with Gasteiger partial charge in [0.25, 0.3) is 0 Å². The Hall–Kier alpha value is -4.40. The fourth-order valence-electron chi connectivity index (χ4n) is 9.28. The van der Waals surface area contributed by atoms with Crippen molar-refractivity contribution in [3.63, 3.8) is 0 Å². The summed E-state index contributed by atoms with van der Waals surface area (Å²) in [4.78, 5) is 114. The molecule has 1 heterocycles. The van der Waals surface area contributed by atoms with Crippen molar-refractivity contribution in [2.75, 3.05) is 41.9 Å². The number of carbonyl (C=O) groups is 8. The molecule has 6 amide bonds. The van der Waals surface area contributed by atoms with Gasteiger partial charge in [-0.25, -0.2) is 0 Å². The van der Waals surface area contributed by atoms with Crippen LogP contribution in [-0.2, 0) is 57.3 Å². The van der Waals surface area contributed by atoms with E-state index in [4.69, 9.17) is 18.9 Å². The molecule has 1 fully saturated rings. The van der Waals surface area contributed by atoms with E-state index in [1.807, 2.05) is 60.5 Å². The van der Waals surface area contributed by atoms with Crippen LogP contribution in [0.25, 0.3) is 0 Å². The summed E-state index contributed by atoms with van der Waals surface area (Å²) in [6.07, 6.45) is -1.41. The number of hydrogen-bond acceptors (Lipinski definition) is 13. The molecule has 0 aromatic rings. The summed E-state index contributed by atoms with van der Waals surface area (Å²) in [6, 6.07) is -6.53. The quantitative estimate of drug-likeness (QED) is 0.0704. The molecule has 20 nitrogen and oxygen atoms in total. The Bertz CT molecular complexity index is 1770. The summed E-state index contributed by atoms with van der Waals surface area (Å²) in [6.45, 7) is 26.8. The molecular formula is C51H93N7O13. The molecule has 0 saturated carbocycles. The van der Waals surface area contributed by atoms with Crippen molar-refractivity contribution >= 4 is 47.4 Å². The number of amides is 6. The van der Waals surface area contributed by atoms with Crippen LogP contribution in [0, 0.1) is 23.7 Å². The van der Waals surface area contributed by atoms with Crippen LogP contribution in [-0.4, -0.2) is 181 Å². The number of hydrogen-bond donors (Lipinski definition) is 5. The summed E-state index contributed by atoms with van der Waals surface area (Å²) < 4.78 is 23.6. The standard InChI is InChI=1S/C51H93N7O13/c1-21-30(6)42(57(18)48(65)39(28(2)3)54-47(64)41(29(4)5)56(16)17)36(68-19)27-37(59)58-26-22-23-35(58)43(69-20)31(7)44(61)55-40(33(9)70-50(10,11)12)46(63)53-34(45(62)52-32(8)49(66)67)24-25-38(60)71-51(13,14)15/h28-36,39-43H,21-27H2,1-20H3,(H,52,62)(H,53,63)(H,54,64)(H,55,61)(H,66,67)/t30-,31+,32-,33+,34-,35-,36+,39-,40-,41-,42-,43+/m0/s1. The Morgan fingerprint density at radius 3 is 1.77 bits per heavy atom. The van der Waals surface area contributed by atoms with Crippen molar-refractivity contribution in [3.8, 4) is 0 Å². The van der Waals surface area contributed by atoms with Crippen LogP contribution in [0.15, 0.2) is 0 Å². The Kier molecular flexibility index (Phi) is 26.2. The number of aliphatic carboxylic acids is 1. The highest BCUT2D eigenvalue weighted by Crippen LogP contribution is 2.30. The number of rotatable bonds is 28. The Labute approximate surface area is 424 Å². The average molecular weight is 1010 g/mol. The molecule has 1 aliphatic rings. The molecule has 12 atom stereocenters. The van der Waals surface area contributed by atoms with Gasteiger partial charge in [-0.2, -0.15) is 0 Å². The minimum absolute atomic E-state index is 0.00548. The normalized spacial score (nSPS) is 19.0. The van der Waals surface area contributed by atoms with Gasteiger partial charge in [-0.15, -0.1) is 0 Å². The van der Waals surface area contributed by atoms with E-state index in [1.165, 1.54) is 21.1 Å². The molecule has 71 heavy (non-hydrogen) atoms. The van der Waals surface area contributed by atoms with Crippen LogP contribution in [0.2, 0.25) is 0 Å². The van der Waals surface area contributed by atoms with E-state index in [0.29, 0.717) is 25.8 Å². The molecular weight excluding hydrogens is 919 g/mol. The van der Waals surface area contributed by atoms with E-state index >= 15 is 0 Å². The second-order valence-corrected chi connectivity index (χ2v) is 22.1. The van der Waals surface area contributed by atoms with Crippen molar-refractivity contribution in [1.82, 2.24) is 36.0 Å². The highest BCUT2D eigenvalue weighted by molar-refractivity contribution is 5.94. The second-order valence-electron chi connectivity index (χ2n) is 22.1. The first-order chi connectivity index (χ1) is 32.6. The fraction of sp³-hybridized carbons (Fsp3) is 0.843. The first-order valence-electron chi connectivity index (χ1n) is 25.3. The second kappa shape index (κ2) is 28.7. The van der Waals surface area contributed by atoms with Gasteiger partial charge in [0.05, 0.1) is 54.4 Å². The number of likely N-dealkylation sites (tertiary alicyclic amines) is 1. The highest BCUT2D eigenvalue weighted by atomic mass is 16.6.